The molecule has 0 unspecified atom stereocenters. The Balaban J connectivity index is 1.69. The van der Waals surface area contributed by atoms with E-state index in [1.807, 2.05) is 42.5 Å². The highest BCUT2D eigenvalue weighted by Crippen LogP contribution is 2.39. The van der Waals surface area contributed by atoms with Crippen molar-refractivity contribution in [1.29, 1.82) is 0 Å². The Morgan fingerprint density at radius 2 is 1.83 bits per heavy atom. The number of methoxy groups -OCH3 is 1. The summed E-state index contributed by atoms with van der Waals surface area (Å²) < 4.78 is 13.5. The minimum absolute atomic E-state index is 0.00589. The van der Waals surface area contributed by atoms with E-state index in [0.29, 0.717) is 38.5 Å². The Morgan fingerprint density at radius 3 is 2.55 bits per heavy atom. The predicted octanol–water partition coefficient (Wildman–Crippen LogP) is 7.25. The van der Waals surface area contributed by atoms with Crippen molar-refractivity contribution < 1.29 is 14.3 Å². The first-order valence-corrected chi connectivity index (χ1v) is 10.8. The van der Waals surface area contributed by atoms with Crippen LogP contribution >= 0.6 is 47.8 Å². The number of hydrogen-bond acceptors (Lipinski definition) is 5. The minimum Gasteiger partial charge on any atom is -0.504 e. The van der Waals surface area contributed by atoms with Gasteiger partial charge in [-0.3, -0.25) is 4.99 Å². The van der Waals surface area contributed by atoms with Gasteiger partial charge in [0, 0.05) is 25.2 Å². The smallest absolute Gasteiger partial charge is 0.227 e. The van der Waals surface area contributed by atoms with Crippen LogP contribution in [0.3, 0.4) is 0 Å². The quantitative estimate of drug-likeness (QED) is 0.258. The number of phenols is 1. The maximum absolute atomic E-state index is 10.4. The lowest BCUT2D eigenvalue weighted by atomic mass is 10.2. The molecule has 0 aliphatic rings. The van der Waals surface area contributed by atoms with E-state index >= 15 is 0 Å². The van der Waals surface area contributed by atoms with Crippen LogP contribution < -0.4 is 4.74 Å². The van der Waals surface area contributed by atoms with Crippen LogP contribution in [0.15, 0.2) is 71.4 Å². The molecule has 0 saturated heterocycles. The molecule has 1 heterocycles. The van der Waals surface area contributed by atoms with Crippen LogP contribution in [0.25, 0.3) is 22.6 Å². The van der Waals surface area contributed by atoms with Gasteiger partial charge in [-0.05, 0) is 80.4 Å². The zero-order valence-corrected chi connectivity index (χ0v) is 19.7. The highest BCUT2D eigenvalue weighted by atomic mass is 79.9. The number of fused-ring (bicyclic) bond motifs is 1. The number of phenolic OH excluding ortho intramolecular Hbond substituents is 1. The number of ether oxygens (including phenoxy) is 1. The highest BCUT2D eigenvalue weighted by Gasteiger charge is 2.14. The average Bonchev–Trinajstić information content (AvgIpc) is 3.14. The molecule has 0 aliphatic carbocycles. The van der Waals surface area contributed by atoms with Crippen molar-refractivity contribution in [3.63, 3.8) is 0 Å². The molecule has 0 atom stereocenters. The summed E-state index contributed by atoms with van der Waals surface area (Å²) in [6, 6.07) is 14.9. The number of hydrogen-bond donors (Lipinski definition) is 1. The third kappa shape index (κ3) is 4.10. The van der Waals surface area contributed by atoms with E-state index in [1.165, 1.54) is 7.11 Å². The summed E-state index contributed by atoms with van der Waals surface area (Å²) in [5.41, 5.74) is 3.46. The molecular weight excluding hydrogens is 568 g/mol. The second kappa shape index (κ2) is 8.30. The monoisotopic (exact) mass is 578 g/mol. The van der Waals surface area contributed by atoms with Gasteiger partial charge in [0.15, 0.2) is 17.1 Å². The Bertz CT molecular complexity index is 1230. The topological polar surface area (TPSA) is 67.9 Å². The van der Waals surface area contributed by atoms with Crippen LogP contribution in [0, 0.1) is 0 Å². The second-order valence-corrected chi connectivity index (χ2v) is 8.64. The predicted molar refractivity (Wildman–Crippen MR) is 124 cm³/mol. The van der Waals surface area contributed by atoms with E-state index in [0.717, 1.165) is 14.5 Å². The largest absolute Gasteiger partial charge is 0.504 e. The van der Waals surface area contributed by atoms with Crippen molar-refractivity contribution >= 4 is 70.8 Å². The number of oxazole rings is 1. The molecule has 3 aromatic carbocycles. The summed E-state index contributed by atoms with van der Waals surface area (Å²) in [5, 5.41) is 10.4. The molecule has 4 rings (SSSR count). The molecule has 1 N–H and O–H groups in total. The van der Waals surface area contributed by atoms with E-state index in [2.05, 4.69) is 57.8 Å². The molecule has 8 heteroatoms. The zero-order chi connectivity index (χ0) is 20.5. The third-order valence-electron chi connectivity index (χ3n) is 4.22. The summed E-state index contributed by atoms with van der Waals surface area (Å²) >= 11 is 10.3. The van der Waals surface area contributed by atoms with Gasteiger partial charge in [-0.15, -0.1) is 0 Å². The van der Waals surface area contributed by atoms with Crippen molar-refractivity contribution in [1.82, 2.24) is 4.98 Å². The molecular formula is C21H13Br3N2O3. The van der Waals surface area contributed by atoms with Gasteiger partial charge in [-0.2, -0.15) is 0 Å². The fourth-order valence-corrected chi connectivity index (χ4v) is 3.83. The van der Waals surface area contributed by atoms with Crippen LogP contribution in [-0.4, -0.2) is 23.4 Å². The van der Waals surface area contributed by atoms with Gasteiger partial charge >= 0.3 is 0 Å². The van der Waals surface area contributed by atoms with Crippen molar-refractivity contribution in [3.05, 3.63) is 67.5 Å². The Labute approximate surface area is 191 Å². The molecule has 29 heavy (non-hydrogen) atoms. The van der Waals surface area contributed by atoms with Gasteiger partial charge in [0.25, 0.3) is 0 Å². The lowest BCUT2D eigenvalue weighted by molar-refractivity contribution is 0.372. The molecule has 0 aliphatic heterocycles. The van der Waals surface area contributed by atoms with E-state index in [4.69, 9.17) is 9.15 Å². The molecule has 0 spiro atoms. The number of aromatic nitrogens is 1. The second-order valence-electron chi connectivity index (χ2n) is 6.07. The number of rotatable bonds is 4. The molecule has 0 radical (unpaired) electrons. The Morgan fingerprint density at radius 1 is 1.07 bits per heavy atom. The lowest BCUT2D eigenvalue weighted by Gasteiger charge is -2.09. The molecule has 1 aromatic heterocycles. The van der Waals surface area contributed by atoms with Crippen LogP contribution in [0.4, 0.5) is 5.69 Å². The number of benzene rings is 3. The molecule has 4 aromatic rings. The fourth-order valence-electron chi connectivity index (χ4n) is 2.74. The highest BCUT2D eigenvalue weighted by molar-refractivity contribution is 9.13. The summed E-state index contributed by atoms with van der Waals surface area (Å²) in [4.78, 5) is 9.04. The molecule has 146 valence electrons. The van der Waals surface area contributed by atoms with E-state index in [9.17, 15) is 5.11 Å². The zero-order valence-electron chi connectivity index (χ0n) is 15.0. The maximum atomic E-state index is 10.4. The summed E-state index contributed by atoms with van der Waals surface area (Å²) in [7, 11) is 1.50. The molecule has 0 amide bonds. The van der Waals surface area contributed by atoms with Crippen LogP contribution in [0.2, 0.25) is 0 Å². The first-order chi connectivity index (χ1) is 14.0. The summed E-state index contributed by atoms with van der Waals surface area (Å²) in [5.74, 6) is 0.907. The molecule has 5 nitrogen and oxygen atoms in total. The first-order valence-electron chi connectivity index (χ1n) is 8.42. The maximum Gasteiger partial charge on any atom is 0.227 e. The van der Waals surface area contributed by atoms with Gasteiger partial charge < -0.3 is 14.3 Å². The lowest BCUT2D eigenvalue weighted by Crippen LogP contribution is -1.91. The Hall–Kier alpha value is -2.16. The number of aromatic hydroxyl groups is 1. The number of halogens is 3. The van der Waals surface area contributed by atoms with E-state index in [-0.39, 0.29) is 5.75 Å². The Kier molecular flexibility index (Phi) is 5.76. The van der Waals surface area contributed by atoms with Gasteiger partial charge in [0.2, 0.25) is 5.89 Å². The van der Waals surface area contributed by atoms with Crippen molar-refractivity contribution in [2.45, 2.75) is 0 Å². The fraction of sp³-hybridized carbons (Fsp3) is 0.0476. The summed E-state index contributed by atoms with van der Waals surface area (Å²) in [6.45, 7) is 0. The molecule has 0 saturated carbocycles. The van der Waals surface area contributed by atoms with Crippen molar-refractivity contribution in [3.8, 4) is 23.0 Å². The third-order valence-corrected chi connectivity index (χ3v) is 6.76. The van der Waals surface area contributed by atoms with Crippen LogP contribution in [-0.2, 0) is 0 Å². The molecule has 0 fully saturated rings. The normalized spacial score (nSPS) is 11.4. The van der Waals surface area contributed by atoms with Gasteiger partial charge in [-0.25, -0.2) is 4.98 Å². The van der Waals surface area contributed by atoms with Gasteiger partial charge in [0.1, 0.15) is 5.52 Å². The van der Waals surface area contributed by atoms with E-state index < -0.39 is 0 Å². The van der Waals surface area contributed by atoms with Crippen molar-refractivity contribution in [2.75, 3.05) is 7.11 Å². The number of aliphatic imine (C=N–C) groups is 1. The van der Waals surface area contributed by atoms with E-state index in [1.54, 1.807) is 12.3 Å². The first kappa shape index (κ1) is 20.1. The minimum atomic E-state index is 0.00589. The van der Waals surface area contributed by atoms with Gasteiger partial charge in [-0.1, -0.05) is 15.9 Å². The van der Waals surface area contributed by atoms with Gasteiger partial charge in [0.05, 0.1) is 18.4 Å². The molecule has 0 bridgehead atoms. The summed E-state index contributed by atoms with van der Waals surface area (Å²) in [6.07, 6.45) is 1.57. The van der Waals surface area contributed by atoms with Crippen LogP contribution in [0.1, 0.15) is 5.56 Å². The standard InChI is InChI=1S/C21H13Br3N2O3/c1-28-18-9-15(23)19(24)14(20(18)27)10-25-13-6-7-17-16(8-13)26-21(29-17)11-2-4-12(22)5-3-11/h2-10,27H,1H3. The SMILES string of the molecule is COc1cc(Br)c(Br)c(C=Nc2ccc3oc(-c4ccc(Br)cc4)nc3c2)c1O. The number of nitrogens with zero attached hydrogens (tertiary/aromatic N) is 2. The van der Waals surface area contributed by atoms with Crippen molar-refractivity contribution in [2.24, 2.45) is 4.99 Å². The van der Waals surface area contributed by atoms with Crippen LogP contribution in [0.5, 0.6) is 11.5 Å². The average molecular weight is 581 g/mol.